The summed E-state index contributed by atoms with van der Waals surface area (Å²) in [5, 5.41) is 0. The highest BCUT2D eigenvalue weighted by atomic mass is 16.1. The molecule has 0 aliphatic carbocycles. The number of unbranched alkanes of at least 4 members (excludes halogenated alkanes) is 8. The summed E-state index contributed by atoms with van der Waals surface area (Å²) in [4.78, 5) is 23.8. The molecule has 146 valence electrons. The van der Waals surface area contributed by atoms with E-state index in [-0.39, 0.29) is 0 Å². The average molecular weight is 361 g/mol. The first-order chi connectivity index (χ1) is 12.5. The van der Waals surface area contributed by atoms with Gasteiger partial charge in [-0.05, 0) is 48.9 Å². The zero-order valence-electron chi connectivity index (χ0n) is 16.6. The molecule has 1 aromatic carbocycles. The summed E-state index contributed by atoms with van der Waals surface area (Å²) in [5.74, 6) is -0.839. The van der Waals surface area contributed by atoms with Gasteiger partial charge in [-0.15, -0.1) is 0 Å². The van der Waals surface area contributed by atoms with Crippen LogP contribution in [-0.2, 0) is 12.8 Å². The first-order valence-electron chi connectivity index (χ1n) is 10.3. The lowest BCUT2D eigenvalue weighted by molar-refractivity contribution is 0.0986. The predicted octanol–water partition coefficient (Wildman–Crippen LogP) is 4.91. The third-order valence-corrected chi connectivity index (χ3v) is 5.02. The summed E-state index contributed by atoms with van der Waals surface area (Å²) in [6.45, 7) is 4.39. The molecule has 4 nitrogen and oxygen atoms in total. The topological polar surface area (TPSA) is 86.2 Å². The Labute approximate surface area is 158 Å². The third-order valence-electron chi connectivity index (χ3n) is 5.02. The smallest absolute Gasteiger partial charge is 0.248 e. The number of rotatable bonds is 14. The van der Waals surface area contributed by atoms with Crippen molar-refractivity contribution in [2.75, 3.05) is 0 Å². The first-order valence-corrected chi connectivity index (χ1v) is 10.3. The number of hydrogen-bond donors (Lipinski definition) is 2. The van der Waals surface area contributed by atoms with Gasteiger partial charge in [0.25, 0.3) is 0 Å². The number of carbonyl (C=O) groups excluding carboxylic acids is 2. The molecule has 0 saturated heterocycles. The molecule has 0 heterocycles. The van der Waals surface area contributed by atoms with Crippen LogP contribution in [0.3, 0.4) is 0 Å². The molecule has 0 atom stereocenters. The Morgan fingerprint density at radius 2 is 1.00 bits per heavy atom. The molecule has 0 bridgehead atoms. The van der Waals surface area contributed by atoms with Crippen LogP contribution >= 0.6 is 0 Å². The van der Waals surface area contributed by atoms with Crippen LogP contribution < -0.4 is 11.5 Å². The van der Waals surface area contributed by atoms with Crippen LogP contribution in [0.25, 0.3) is 0 Å². The van der Waals surface area contributed by atoms with Crippen molar-refractivity contribution in [3.63, 3.8) is 0 Å². The Bertz CT molecular complexity index is 531. The van der Waals surface area contributed by atoms with E-state index in [0.717, 1.165) is 49.7 Å². The molecule has 26 heavy (non-hydrogen) atoms. The van der Waals surface area contributed by atoms with Gasteiger partial charge in [-0.3, -0.25) is 9.59 Å². The van der Waals surface area contributed by atoms with Crippen LogP contribution in [0.4, 0.5) is 0 Å². The SMILES string of the molecule is CCCCCCCc1c(C(N)=O)ccc(C(N)=O)c1CCCCCCC. The molecule has 0 saturated carbocycles. The van der Waals surface area contributed by atoms with Gasteiger partial charge < -0.3 is 11.5 Å². The molecule has 0 aliphatic heterocycles. The van der Waals surface area contributed by atoms with Crippen LogP contribution in [0.5, 0.6) is 0 Å². The van der Waals surface area contributed by atoms with E-state index in [9.17, 15) is 9.59 Å². The minimum atomic E-state index is -0.420. The van der Waals surface area contributed by atoms with Crippen molar-refractivity contribution < 1.29 is 9.59 Å². The van der Waals surface area contributed by atoms with Crippen molar-refractivity contribution in [3.05, 3.63) is 34.4 Å². The van der Waals surface area contributed by atoms with Crippen LogP contribution in [0.2, 0.25) is 0 Å². The van der Waals surface area contributed by atoms with E-state index in [0.29, 0.717) is 11.1 Å². The molecule has 1 rings (SSSR count). The number of primary amides is 2. The van der Waals surface area contributed by atoms with Gasteiger partial charge in [0.05, 0.1) is 0 Å². The molecule has 0 fully saturated rings. The van der Waals surface area contributed by atoms with Gasteiger partial charge in [-0.2, -0.15) is 0 Å². The Morgan fingerprint density at radius 3 is 1.31 bits per heavy atom. The largest absolute Gasteiger partial charge is 0.366 e. The fraction of sp³-hybridized carbons (Fsp3) is 0.636. The van der Waals surface area contributed by atoms with E-state index in [4.69, 9.17) is 11.5 Å². The molecule has 0 aromatic heterocycles. The number of benzene rings is 1. The highest BCUT2D eigenvalue weighted by Gasteiger charge is 2.18. The Kier molecular flexibility index (Phi) is 10.7. The molecule has 4 heteroatoms. The molecule has 0 unspecified atom stereocenters. The number of carbonyl (C=O) groups is 2. The first kappa shape index (κ1) is 22.2. The monoisotopic (exact) mass is 360 g/mol. The Morgan fingerprint density at radius 1 is 0.654 bits per heavy atom. The maximum absolute atomic E-state index is 11.9. The van der Waals surface area contributed by atoms with Gasteiger partial charge in [-0.1, -0.05) is 65.2 Å². The highest BCUT2D eigenvalue weighted by molar-refractivity contribution is 5.99. The second kappa shape index (κ2) is 12.5. The second-order valence-electron chi connectivity index (χ2n) is 7.17. The fourth-order valence-corrected chi connectivity index (χ4v) is 3.54. The summed E-state index contributed by atoms with van der Waals surface area (Å²) in [7, 11) is 0. The summed E-state index contributed by atoms with van der Waals surface area (Å²) in [5.41, 5.74) is 14.2. The lowest BCUT2D eigenvalue weighted by Gasteiger charge is -2.17. The van der Waals surface area contributed by atoms with E-state index >= 15 is 0 Å². The molecule has 0 radical (unpaired) electrons. The minimum Gasteiger partial charge on any atom is -0.366 e. The van der Waals surface area contributed by atoms with Gasteiger partial charge >= 0.3 is 0 Å². The van der Waals surface area contributed by atoms with E-state index in [1.54, 1.807) is 12.1 Å². The minimum absolute atomic E-state index is 0.420. The van der Waals surface area contributed by atoms with Crippen molar-refractivity contribution in [2.45, 2.75) is 90.9 Å². The zero-order valence-corrected chi connectivity index (χ0v) is 16.6. The van der Waals surface area contributed by atoms with Crippen molar-refractivity contribution >= 4 is 11.8 Å². The summed E-state index contributed by atoms with van der Waals surface area (Å²) >= 11 is 0. The molecule has 1 aromatic rings. The maximum Gasteiger partial charge on any atom is 0.248 e. The quantitative estimate of drug-likeness (QED) is 0.462. The van der Waals surface area contributed by atoms with E-state index in [1.165, 1.54) is 38.5 Å². The van der Waals surface area contributed by atoms with E-state index < -0.39 is 11.8 Å². The lowest BCUT2D eigenvalue weighted by atomic mass is 9.88. The average Bonchev–Trinajstić information content (AvgIpc) is 2.61. The highest BCUT2D eigenvalue weighted by Crippen LogP contribution is 2.24. The van der Waals surface area contributed by atoms with Gasteiger partial charge in [-0.25, -0.2) is 0 Å². The summed E-state index contributed by atoms with van der Waals surface area (Å²) in [6.07, 6.45) is 13.1. The van der Waals surface area contributed by atoms with Crippen molar-refractivity contribution in [3.8, 4) is 0 Å². The predicted molar refractivity (Wildman–Crippen MR) is 108 cm³/mol. The molecule has 2 amide bonds. The van der Waals surface area contributed by atoms with Gasteiger partial charge in [0.15, 0.2) is 0 Å². The van der Waals surface area contributed by atoms with Crippen LogP contribution in [0.15, 0.2) is 12.1 Å². The standard InChI is InChI=1S/C22H36N2O2/c1-3-5-7-9-11-13-17-18(14-12-10-8-6-4-2)20(22(24)26)16-15-19(17)21(23)25/h15-16H,3-14H2,1-2H3,(H2,23,25)(H2,24,26). The van der Waals surface area contributed by atoms with Crippen molar-refractivity contribution in [1.82, 2.24) is 0 Å². The molecular weight excluding hydrogens is 324 g/mol. The maximum atomic E-state index is 11.9. The second-order valence-corrected chi connectivity index (χ2v) is 7.17. The Balaban J connectivity index is 2.99. The van der Waals surface area contributed by atoms with Crippen molar-refractivity contribution in [2.24, 2.45) is 11.5 Å². The van der Waals surface area contributed by atoms with Gasteiger partial charge in [0, 0.05) is 11.1 Å². The molecule has 4 N–H and O–H groups in total. The lowest BCUT2D eigenvalue weighted by Crippen LogP contribution is -2.20. The normalized spacial score (nSPS) is 10.8. The molecular formula is C22H36N2O2. The number of amides is 2. The number of nitrogens with two attached hydrogens (primary N) is 2. The van der Waals surface area contributed by atoms with Crippen LogP contribution in [0.1, 0.15) is 110 Å². The number of hydrogen-bond acceptors (Lipinski definition) is 2. The third kappa shape index (κ3) is 7.19. The van der Waals surface area contributed by atoms with Gasteiger partial charge in [0.2, 0.25) is 11.8 Å². The Hall–Kier alpha value is -1.84. The van der Waals surface area contributed by atoms with E-state index in [2.05, 4.69) is 13.8 Å². The molecule has 0 spiro atoms. The fourth-order valence-electron chi connectivity index (χ4n) is 3.54. The molecule has 0 aliphatic rings. The summed E-state index contributed by atoms with van der Waals surface area (Å²) < 4.78 is 0. The zero-order chi connectivity index (χ0) is 19.4. The van der Waals surface area contributed by atoms with Crippen LogP contribution in [0, 0.1) is 0 Å². The van der Waals surface area contributed by atoms with Crippen molar-refractivity contribution in [1.29, 1.82) is 0 Å². The van der Waals surface area contributed by atoms with Crippen LogP contribution in [-0.4, -0.2) is 11.8 Å². The van der Waals surface area contributed by atoms with Gasteiger partial charge in [0.1, 0.15) is 0 Å². The van der Waals surface area contributed by atoms with E-state index in [1.807, 2.05) is 0 Å². The summed E-state index contributed by atoms with van der Waals surface area (Å²) in [6, 6.07) is 3.34.